The normalized spacial score (nSPS) is 14.3. The SMILES string of the molecule is O=C(CCCc1ccccc1)Nc1cccc(N2CCC(NCc3cccnc3)CC2)c1. The van der Waals surface area contributed by atoms with E-state index < -0.39 is 0 Å². The third-order valence-electron chi connectivity index (χ3n) is 6.02. The summed E-state index contributed by atoms with van der Waals surface area (Å²) in [6, 6.07) is 23.2. The Morgan fingerprint density at radius 1 is 0.969 bits per heavy atom. The van der Waals surface area contributed by atoms with E-state index >= 15 is 0 Å². The number of amides is 1. The molecular weight excluding hydrogens is 396 g/mol. The molecule has 3 aromatic rings. The van der Waals surface area contributed by atoms with Gasteiger partial charge in [-0.3, -0.25) is 9.78 Å². The summed E-state index contributed by atoms with van der Waals surface area (Å²) in [6.07, 6.45) is 8.26. The van der Waals surface area contributed by atoms with Crippen molar-refractivity contribution in [1.82, 2.24) is 10.3 Å². The van der Waals surface area contributed by atoms with Gasteiger partial charge in [-0.05, 0) is 61.1 Å². The highest BCUT2D eigenvalue weighted by Crippen LogP contribution is 2.23. The Bertz CT molecular complexity index is 969. The van der Waals surface area contributed by atoms with Crippen LogP contribution in [0.1, 0.15) is 36.8 Å². The fourth-order valence-corrected chi connectivity index (χ4v) is 4.21. The number of hydrogen-bond donors (Lipinski definition) is 2. The van der Waals surface area contributed by atoms with Crippen LogP contribution < -0.4 is 15.5 Å². The zero-order chi connectivity index (χ0) is 22.0. The number of nitrogens with one attached hydrogen (secondary N) is 2. The molecule has 1 aliphatic heterocycles. The van der Waals surface area contributed by atoms with Crippen molar-refractivity contribution in [1.29, 1.82) is 0 Å². The van der Waals surface area contributed by atoms with Gasteiger partial charge in [-0.2, -0.15) is 0 Å². The molecule has 0 atom stereocenters. The van der Waals surface area contributed by atoms with Crippen LogP contribution in [0.25, 0.3) is 0 Å². The molecule has 0 saturated carbocycles. The molecule has 4 rings (SSSR count). The second kappa shape index (κ2) is 11.4. The lowest BCUT2D eigenvalue weighted by atomic mass is 10.0. The van der Waals surface area contributed by atoms with Crippen molar-refractivity contribution in [3.63, 3.8) is 0 Å². The highest BCUT2D eigenvalue weighted by atomic mass is 16.1. The van der Waals surface area contributed by atoms with Crippen molar-refractivity contribution in [3.8, 4) is 0 Å². The van der Waals surface area contributed by atoms with E-state index in [9.17, 15) is 4.79 Å². The van der Waals surface area contributed by atoms with Crippen LogP contribution in [-0.2, 0) is 17.8 Å². The van der Waals surface area contributed by atoms with E-state index in [-0.39, 0.29) is 5.91 Å². The molecule has 0 bridgehead atoms. The van der Waals surface area contributed by atoms with Crippen LogP contribution in [0.5, 0.6) is 0 Å². The largest absolute Gasteiger partial charge is 0.371 e. The van der Waals surface area contributed by atoms with E-state index in [0.717, 1.165) is 51.0 Å². The summed E-state index contributed by atoms with van der Waals surface area (Å²) >= 11 is 0. The molecule has 32 heavy (non-hydrogen) atoms. The molecule has 1 saturated heterocycles. The molecule has 5 heteroatoms. The summed E-state index contributed by atoms with van der Waals surface area (Å²) in [5.41, 5.74) is 4.56. The molecule has 2 N–H and O–H groups in total. The molecule has 1 aromatic heterocycles. The molecule has 2 aromatic carbocycles. The number of anilines is 2. The Labute approximate surface area is 190 Å². The molecular formula is C27H32N4O. The topological polar surface area (TPSA) is 57.3 Å². The summed E-state index contributed by atoms with van der Waals surface area (Å²) in [5, 5.41) is 6.73. The zero-order valence-corrected chi connectivity index (χ0v) is 18.5. The predicted molar refractivity (Wildman–Crippen MR) is 131 cm³/mol. The van der Waals surface area contributed by atoms with E-state index in [1.54, 1.807) is 0 Å². The third kappa shape index (κ3) is 6.66. The van der Waals surface area contributed by atoms with Gasteiger partial charge in [0.2, 0.25) is 5.91 Å². The Kier molecular flexibility index (Phi) is 7.88. The maximum Gasteiger partial charge on any atom is 0.224 e. The van der Waals surface area contributed by atoms with Crippen molar-refractivity contribution in [2.75, 3.05) is 23.3 Å². The van der Waals surface area contributed by atoms with E-state index in [4.69, 9.17) is 0 Å². The Morgan fingerprint density at radius 2 is 1.78 bits per heavy atom. The van der Waals surface area contributed by atoms with Crippen LogP contribution in [0, 0.1) is 0 Å². The van der Waals surface area contributed by atoms with Crippen LogP contribution in [-0.4, -0.2) is 30.0 Å². The fourth-order valence-electron chi connectivity index (χ4n) is 4.21. The first-order valence-electron chi connectivity index (χ1n) is 11.6. The van der Waals surface area contributed by atoms with Gasteiger partial charge in [0.1, 0.15) is 0 Å². The van der Waals surface area contributed by atoms with Crippen molar-refractivity contribution in [2.45, 2.75) is 44.7 Å². The number of carbonyl (C=O) groups is 1. The zero-order valence-electron chi connectivity index (χ0n) is 18.5. The summed E-state index contributed by atoms with van der Waals surface area (Å²) in [5.74, 6) is 0.0800. The van der Waals surface area contributed by atoms with Gasteiger partial charge in [0.25, 0.3) is 0 Å². The van der Waals surface area contributed by atoms with Crippen LogP contribution in [0.15, 0.2) is 79.1 Å². The van der Waals surface area contributed by atoms with E-state index in [1.807, 2.05) is 48.8 Å². The Balaban J connectivity index is 1.21. The first-order valence-corrected chi connectivity index (χ1v) is 11.6. The van der Waals surface area contributed by atoms with Gasteiger partial charge in [-0.1, -0.05) is 42.5 Å². The van der Waals surface area contributed by atoms with Crippen LogP contribution in [0.4, 0.5) is 11.4 Å². The van der Waals surface area contributed by atoms with Crippen LogP contribution in [0.3, 0.4) is 0 Å². The third-order valence-corrected chi connectivity index (χ3v) is 6.02. The number of hydrogen-bond acceptors (Lipinski definition) is 4. The number of carbonyl (C=O) groups excluding carboxylic acids is 1. The monoisotopic (exact) mass is 428 g/mol. The average Bonchev–Trinajstić information content (AvgIpc) is 2.84. The highest BCUT2D eigenvalue weighted by Gasteiger charge is 2.19. The lowest BCUT2D eigenvalue weighted by Gasteiger charge is -2.34. The molecule has 0 aliphatic carbocycles. The number of rotatable bonds is 9. The van der Waals surface area contributed by atoms with Gasteiger partial charge in [0.15, 0.2) is 0 Å². The van der Waals surface area contributed by atoms with Gasteiger partial charge >= 0.3 is 0 Å². The number of piperidine rings is 1. The van der Waals surface area contributed by atoms with Crippen molar-refractivity contribution in [2.24, 2.45) is 0 Å². The molecule has 2 heterocycles. The highest BCUT2D eigenvalue weighted by molar-refractivity contribution is 5.91. The maximum absolute atomic E-state index is 12.4. The van der Waals surface area contributed by atoms with Gasteiger partial charge in [0.05, 0.1) is 0 Å². The second-order valence-electron chi connectivity index (χ2n) is 8.44. The quantitative estimate of drug-likeness (QED) is 0.514. The lowest BCUT2D eigenvalue weighted by Crippen LogP contribution is -2.42. The van der Waals surface area contributed by atoms with Gasteiger partial charge in [-0.25, -0.2) is 0 Å². The number of aromatic nitrogens is 1. The van der Waals surface area contributed by atoms with Crippen LogP contribution in [0.2, 0.25) is 0 Å². The summed E-state index contributed by atoms with van der Waals surface area (Å²) in [6.45, 7) is 2.89. The molecule has 0 spiro atoms. The molecule has 5 nitrogen and oxygen atoms in total. The number of pyridine rings is 1. The molecule has 1 aliphatic rings. The van der Waals surface area contributed by atoms with Crippen molar-refractivity contribution in [3.05, 3.63) is 90.3 Å². The standard InChI is InChI=1S/C27H32N4O/c32-27(13-4-9-22-7-2-1-3-8-22)30-25-11-5-12-26(19-25)31-17-14-24(15-18-31)29-21-23-10-6-16-28-20-23/h1-3,5-8,10-12,16,19-20,24,29H,4,9,13-15,17-18,21H2,(H,30,32). The molecule has 1 amide bonds. The predicted octanol–water partition coefficient (Wildman–Crippen LogP) is 4.80. The molecule has 1 fully saturated rings. The van der Waals surface area contributed by atoms with E-state index in [1.165, 1.54) is 16.8 Å². The number of nitrogens with zero attached hydrogens (tertiary/aromatic N) is 2. The minimum atomic E-state index is 0.0800. The Hall–Kier alpha value is -3.18. The summed E-state index contributed by atoms with van der Waals surface area (Å²) in [4.78, 5) is 19.0. The van der Waals surface area contributed by atoms with Gasteiger partial charge in [0, 0.05) is 55.9 Å². The molecule has 0 unspecified atom stereocenters. The van der Waals surface area contributed by atoms with Crippen LogP contribution >= 0.6 is 0 Å². The lowest BCUT2D eigenvalue weighted by molar-refractivity contribution is -0.116. The maximum atomic E-state index is 12.4. The number of aryl methyl sites for hydroxylation is 1. The molecule has 166 valence electrons. The first-order chi connectivity index (χ1) is 15.8. The summed E-state index contributed by atoms with van der Waals surface area (Å²) in [7, 11) is 0. The fraction of sp³-hybridized carbons (Fsp3) is 0.333. The Morgan fingerprint density at radius 3 is 2.56 bits per heavy atom. The minimum absolute atomic E-state index is 0.0800. The minimum Gasteiger partial charge on any atom is -0.371 e. The number of benzene rings is 2. The van der Waals surface area contributed by atoms with Crippen molar-refractivity contribution < 1.29 is 4.79 Å². The molecule has 0 radical (unpaired) electrons. The first kappa shape index (κ1) is 22.0. The van der Waals surface area contributed by atoms with Gasteiger partial charge in [-0.15, -0.1) is 0 Å². The van der Waals surface area contributed by atoms with Gasteiger partial charge < -0.3 is 15.5 Å². The second-order valence-corrected chi connectivity index (χ2v) is 8.44. The van der Waals surface area contributed by atoms with Crippen molar-refractivity contribution >= 4 is 17.3 Å². The van der Waals surface area contributed by atoms with E-state index in [2.05, 4.69) is 50.8 Å². The summed E-state index contributed by atoms with van der Waals surface area (Å²) < 4.78 is 0. The smallest absolute Gasteiger partial charge is 0.224 e. The average molecular weight is 429 g/mol. The van der Waals surface area contributed by atoms with E-state index in [0.29, 0.717) is 12.5 Å².